The first-order valence-corrected chi connectivity index (χ1v) is 5.64. The lowest BCUT2D eigenvalue weighted by Crippen LogP contribution is -1.84. The summed E-state index contributed by atoms with van der Waals surface area (Å²) < 4.78 is 5.04. The number of methoxy groups -OCH3 is 1. The molecule has 1 aromatic rings. The predicted octanol–water partition coefficient (Wildman–Crippen LogP) is 4.70. The van der Waals surface area contributed by atoms with Crippen LogP contribution in [-0.2, 0) is 0 Å². The van der Waals surface area contributed by atoms with Crippen molar-refractivity contribution in [1.82, 2.24) is 0 Å². The lowest BCUT2D eigenvalue weighted by molar-refractivity contribution is 0.411. The lowest BCUT2D eigenvalue weighted by atomic mass is 10.2. The zero-order valence-electron chi connectivity index (χ0n) is 11.2. The van der Waals surface area contributed by atoms with Gasteiger partial charge >= 0.3 is 0 Å². The molecule has 0 amide bonds. The van der Waals surface area contributed by atoms with Gasteiger partial charge in [0.1, 0.15) is 5.75 Å². The van der Waals surface area contributed by atoms with Crippen molar-refractivity contribution >= 4 is 0 Å². The van der Waals surface area contributed by atoms with Gasteiger partial charge in [0.25, 0.3) is 0 Å². The van der Waals surface area contributed by atoms with Gasteiger partial charge in [-0.15, -0.1) is 0 Å². The van der Waals surface area contributed by atoms with Gasteiger partial charge in [-0.05, 0) is 32.4 Å². The third-order valence-corrected chi connectivity index (χ3v) is 1.99. The molecule has 0 aromatic heterocycles. The Morgan fingerprint density at radius 1 is 1.18 bits per heavy atom. The molecule has 17 heavy (non-hydrogen) atoms. The first-order chi connectivity index (χ1) is 8.11. The van der Waals surface area contributed by atoms with Crippen molar-refractivity contribution in [3.8, 4) is 5.75 Å². The minimum Gasteiger partial charge on any atom is -0.496 e. The van der Waals surface area contributed by atoms with Gasteiger partial charge in [-0.3, -0.25) is 0 Å². The fraction of sp³-hybridized carbons (Fsp3) is 0.250. The molecule has 0 atom stereocenters. The monoisotopic (exact) mass is 230 g/mol. The number of allylic oxidation sites excluding steroid dienone is 5. The summed E-state index contributed by atoms with van der Waals surface area (Å²) in [5.74, 6) is 0.956. The standard InChI is InChI=1S/C8H10O.C8H12/c1-7-5-3-4-6-8(7)9-2;1-4-5-6-7-8(2)3/h3-6H,1-2H3;4-7H,1H2,2-3H3/b;6-5-. The minimum absolute atomic E-state index is 0.956. The zero-order valence-corrected chi connectivity index (χ0v) is 11.2. The molecule has 0 fully saturated rings. The van der Waals surface area contributed by atoms with E-state index in [9.17, 15) is 0 Å². The van der Waals surface area contributed by atoms with E-state index in [1.807, 2.05) is 49.4 Å². The van der Waals surface area contributed by atoms with Crippen LogP contribution in [0, 0.1) is 6.92 Å². The number of para-hydroxylation sites is 1. The predicted molar refractivity (Wildman–Crippen MR) is 76.5 cm³/mol. The second kappa shape index (κ2) is 9.46. The van der Waals surface area contributed by atoms with Crippen molar-refractivity contribution in [1.29, 1.82) is 0 Å². The molecule has 0 N–H and O–H groups in total. The molecule has 0 saturated heterocycles. The Morgan fingerprint density at radius 2 is 1.82 bits per heavy atom. The molecule has 0 heterocycles. The van der Waals surface area contributed by atoms with E-state index in [0.717, 1.165) is 5.75 Å². The Bertz CT molecular complexity index is 382. The molecule has 0 bridgehead atoms. The number of benzene rings is 1. The minimum atomic E-state index is 0.956. The Kier molecular flexibility index (Phi) is 8.48. The average Bonchev–Trinajstić information content (AvgIpc) is 2.30. The van der Waals surface area contributed by atoms with Crippen molar-refractivity contribution in [2.75, 3.05) is 7.11 Å². The average molecular weight is 230 g/mol. The van der Waals surface area contributed by atoms with Gasteiger partial charge in [0, 0.05) is 0 Å². The van der Waals surface area contributed by atoms with Crippen molar-refractivity contribution < 1.29 is 4.74 Å². The van der Waals surface area contributed by atoms with Crippen LogP contribution in [0.1, 0.15) is 19.4 Å². The lowest BCUT2D eigenvalue weighted by Gasteiger charge is -2.00. The molecule has 0 aliphatic carbocycles. The molecule has 0 aliphatic heterocycles. The summed E-state index contributed by atoms with van der Waals surface area (Å²) in [5, 5.41) is 0. The number of hydrogen-bond acceptors (Lipinski definition) is 1. The zero-order chi connectivity index (χ0) is 13.1. The molecule has 0 saturated carbocycles. The van der Waals surface area contributed by atoms with Crippen molar-refractivity contribution in [3.63, 3.8) is 0 Å². The fourth-order valence-corrected chi connectivity index (χ4v) is 1.11. The van der Waals surface area contributed by atoms with E-state index in [1.165, 1.54) is 11.1 Å². The van der Waals surface area contributed by atoms with Crippen molar-refractivity contribution in [2.45, 2.75) is 20.8 Å². The molecular formula is C16H22O. The first-order valence-electron chi connectivity index (χ1n) is 5.64. The number of aryl methyl sites for hydroxylation is 1. The molecule has 0 spiro atoms. The van der Waals surface area contributed by atoms with Gasteiger partial charge in [-0.25, -0.2) is 0 Å². The molecule has 1 rings (SSSR count). The van der Waals surface area contributed by atoms with Gasteiger partial charge in [-0.2, -0.15) is 0 Å². The summed E-state index contributed by atoms with van der Waals surface area (Å²) in [5.41, 5.74) is 2.49. The highest BCUT2D eigenvalue weighted by Crippen LogP contribution is 2.14. The molecule has 0 unspecified atom stereocenters. The van der Waals surface area contributed by atoms with Crippen LogP contribution >= 0.6 is 0 Å². The smallest absolute Gasteiger partial charge is 0.121 e. The number of ether oxygens (including phenoxy) is 1. The summed E-state index contributed by atoms with van der Waals surface area (Å²) in [6.45, 7) is 9.69. The van der Waals surface area contributed by atoms with E-state index in [-0.39, 0.29) is 0 Å². The van der Waals surface area contributed by atoms with Gasteiger partial charge in [0.2, 0.25) is 0 Å². The molecular weight excluding hydrogens is 208 g/mol. The Hall–Kier alpha value is -1.76. The van der Waals surface area contributed by atoms with E-state index >= 15 is 0 Å². The topological polar surface area (TPSA) is 9.23 Å². The SMILES string of the molecule is C=C/C=C\C=C(C)C.COc1ccccc1C. The molecule has 1 aromatic carbocycles. The van der Waals surface area contributed by atoms with Crippen LogP contribution < -0.4 is 4.74 Å². The maximum absolute atomic E-state index is 5.04. The van der Waals surface area contributed by atoms with Crippen LogP contribution in [0.15, 0.2) is 60.7 Å². The van der Waals surface area contributed by atoms with Gasteiger partial charge < -0.3 is 4.74 Å². The summed E-state index contributed by atoms with van der Waals surface area (Å²) >= 11 is 0. The molecule has 1 heteroatoms. The summed E-state index contributed by atoms with van der Waals surface area (Å²) in [7, 11) is 1.68. The molecule has 92 valence electrons. The van der Waals surface area contributed by atoms with Gasteiger partial charge in [0.05, 0.1) is 7.11 Å². The van der Waals surface area contributed by atoms with E-state index in [4.69, 9.17) is 4.74 Å². The van der Waals surface area contributed by atoms with Crippen LogP contribution in [0.4, 0.5) is 0 Å². The first kappa shape index (κ1) is 15.2. The Balaban J connectivity index is 0.000000304. The summed E-state index contributed by atoms with van der Waals surface area (Å²) in [4.78, 5) is 0. The second-order valence-electron chi connectivity index (χ2n) is 3.83. The summed E-state index contributed by atoms with van der Waals surface area (Å²) in [6, 6.07) is 7.94. The van der Waals surface area contributed by atoms with Crippen LogP contribution in [0.25, 0.3) is 0 Å². The number of rotatable bonds is 3. The third kappa shape index (κ3) is 8.09. The maximum Gasteiger partial charge on any atom is 0.121 e. The van der Waals surface area contributed by atoms with Crippen LogP contribution in [-0.4, -0.2) is 7.11 Å². The Labute approximate surface area is 105 Å². The highest BCUT2D eigenvalue weighted by atomic mass is 16.5. The van der Waals surface area contributed by atoms with Gasteiger partial charge in [-0.1, -0.05) is 54.7 Å². The van der Waals surface area contributed by atoms with E-state index < -0.39 is 0 Å². The Morgan fingerprint density at radius 3 is 2.24 bits per heavy atom. The highest BCUT2D eigenvalue weighted by Gasteiger charge is 1.90. The van der Waals surface area contributed by atoms with Gasteiger partial charge in [0.15, 0.2) is 0 Å². The largest absolute Gasteiger partial charge is 0.496 e. The highest BCUT2D eigenvalue weighted by molar-refractivity contribution is 5.31. The number of hydrogen-bond donors (Lipinski definition) is 0. The van der Waals surface area contributed by atoms with E-state index in [2.05, 4.69) is 20.4 Å². The van der Waals surface area contributed by atoms with Crippen molar-refractivity contribution in [3.05, 3.63) is 66.3 Å². The summed E-state index contributed by atoms with van der Waals surface area (Å²) in [6.07, 6.45) is 7.69. The normalized spacial score (nSPS) is 9.18. The third-order valence-electron chi connectivity index (χ3n) is 1.99. The quantitative estimate of drug-likeness (QED) is 0.684. The van der Waals surface area contributed by atoms with E-state index in [0.29, 0.717) is 0 Å². The maximum atomic E-state index is 5.04. The molecule has 0 radical (unpaired) electrons. The van der Waals surface area contributed by atoms with Crippen LogP contribution in [0.2, 0.25) is 0 Å². The van der Waals surface area contributed by atoms with Crippen LogP contribution in [0.5, 0.6) is 5.75 Å². The molecule has 0 aliphatic rings. The molecule has 1 nitrogen and oxygen atoms in total. The second-order valence-corrected chi connectivity index (χ2v) is 3.83. The van der Waals surface area contributed by atoms with Crippen LogP contribution in [0.3, 0.4) is 0 Å². The van der Waals surface area contributed by atoms with Crippen molar-refractivity contribution in [2.24, 2.45) is 0 Å². The van der Waals surface area contributed by atoms with E-state index in [1.54, 1.807) is 13.2 Å². The fourth-order valence-electron chi connectivity index (χ4n) is 1.11.